The number of hydrogen-bond donors (Lipinski definition) is 0. The Balaban J connectivity index is 1.40. The number of aryl methyl sites for hydroxylation is 4. The molecule has 2 aromatic heterocycles. The molecule has 25 heavy (non-hydrogen) atoms. The first-order valence-electron chi connectivity index (χ1n) is 8.45. The van der Waals surface area contributed by atoms with Crippen molar-refractivity contribution in [2.45, 2.75) is 38.4 Å². The molecule has 1 aromatic carbocycles. The maximum Gasteiger partial charge on any atom is 0.191 e. The summed E-state index contributed by atoms with van der Waals surface area (Å²) in [5.41, 5.74) is 2.42. The van der Waals surface area contributed by atoms with E-state index in [1.807, 2.05) is 6.33 Å². The number of benzene rings is 1. The van der Waals surface area contributed by atoms with Gasteiger partial charge in [0.25, 0.3) is 0 Å². The van der Waals surface area contributed by atoms with Gasteiger partial charge in [0, 0.05) is 17.2 Å². The largest absolute Gasteiger partial charge is 0.493 e. The standard InChI is InChI=1S/C19H23N3OS2/c1-15-6-7-16(2)18(13-15)23-10-4-12-25-19-21-20-14-22(19)9-8-17-5-3-11-24-17/h3,5-7,11,13-14H,4,8-10,12H2,1-2H3. The lowest BCUT2D eigenvalue weighted by Crippen LogP contribution is -2.03. The molecule has 0 aliphatic carbocycles. The van der Waals surface area contributed by atoms with Gasteiger partial charge < -0.3 is 9.30 Å². The third-order valence-corrected chi connectivity index (χ3v) is 5.88. The van der Waals surface area contributed by atoms with E-state index in [1.165, 1.54) is 16.0 Å². The normalized spacial score (nSPS) is 11.0. The van der Waals surface area contributed by atoms with Gasteiger partial charge in [-0.2, -0.15) is 0 Å². The second-order valence-electron chi connectivity index (χ2n) is 5.96. The lowest BCUT2D eigenvalue weighted by atomic mass is 10.1. The first-order valence-corrected chi connectivity index (χ1v) is 10.3. The van der Waals surface area contributed by atoms with Crippen molar-refractivity contribution in [1.82, 2.24) is 14.8 Å². The zero-order valence-electron chi connectivity index (χ0n) is 14.6. The average molecular weight is 374 g/mol. The van der Waals surface area contributed by atoms with Crippen LogP contribution in [0, 0.1) is 13.8 Å². The summed E-state index contributed by atoms with van der Waals surface area (Å²) in [7, 11) is 0. The van der Waals surface area contributed by atoms with Crippen molar-refractivity contribution >= 4 is 23.1 Å². The second kappa shape index (κ2) is 9.06. The SMILES string of the molecule is Cc1ccc(C)c(OCCCSc2nncn2CCc2cccs2)c1. The number of nitrogens with zero attached hydrogens (tertiary/aromatic N) is 3. The van der Waals surface area contributed by atoms with Crippen LogP contribution in [0.3, 0.4) is 0 Å². The molecular weight excluding hydrogens is 350 g/mol. The van der Waals surface area contributed by atoms with Gasteiger partial charge >= 0.3 is 0 Å². The third kappa shape index (κ3) is 5.34. The lowest BCUT2D eigenvalue weighted by Gasteiger charge is -2.10. The molecule has 3 rings (SSSR count). The van der Waals surface area contributed by atoms with Gasteiger partial charge in [-0.15, -0.1) is 21.5 Å². The first-order chi connectivity index (χ1) is 12.2. The van der Waals surface area contributed by atoms with E-state index in [9.17, 15) is 0 Å². The van der Waals surface area contributed by atoms with Crippen molar-refractivity contribution in [2.75, 3.05) is 12.4 Å². The average Bonchev–Trinajstić information content (AvgIpc) is 3.27. The molecule has 0 fully saturated rings. The minimum Gasteiger partial charge on any atom is -0.493 e. The van der Waals surface area contributed by atoms with Crippen molar-refractivity contribution in [3.8, 4) is 5.75 Å². The monoisotopic (exact) mass is 373 g/mol. The third-order valence-electron chi connectivity index (χ3n) is 3.88. The van der Waals surface area contributed by atoms with E-state index in [2.05, 4.69) is 64.3 Å². The molecule has 0 aliphatic heterocycles. The molecule has 132 valence electrons. The Bertz CT molecular complexity index is 784. The molecule has 0 atom stereocenters. The van der Waals surface area contributed by atoms with E-state index in [-0.39, 0.29) is 0 Å². The maximum atomic E-state index is 5.91. The van der Waals surface area contributed by atoms with Gasteiger partial charge in [-0.05, 0) is 55.3 Å². The van der Waals surface area contributed by atoms with Gasteiger partial charge in [-0.25, -0.2) is 0 Å². The van der Waals surface area contributed by atoms with Crippen molar-refractivity contribution in [3.05, 3.63) is 58.0 Å². The molecule has 0 bridgehead atoms. The topological polar surface area (TPSA) is 39.9 Å². The summed E-state index contributed by atoms with van der Waals surface area (Å²) in [6.07, 6.45) is 3.83. The Morgan fingerprint density at radius 3 is 3.00 bits per heavy atom. The van der Waals surface area contributed by atoms with Gasteiger partial charge in [-0.1, -0.05) is 30.0 Å². The smallest absolute Gasteiger partial charge is 0.191 e. The van der Waals surface area contributed by atoms with Crippen LogP contribution in [0.15, 0.2) is 47.2 Å². The lowest BCUT2D eigenvalue weighted by molar-refractivity contribution is 0.316. The minimum atomic E-state index is 0.723. The summed E-state index contributed by atoms with van der Waals surface area (Å²) < 4.78 is 8.04. The number of ether oxygens (including phenoxy) is 1. The minimum absolute atomic E-state index is 0.723. The molecule has 0 unspecified atom stereocenters. The van der Waals surface area contributed by atoms with Crippen LogP contribution in [0.4, 0.5) is 0 Å². The van der Waals surface area contributed by atoms with E-state index in [1.54, 1.807) is 23.1 Å². The van der Waals surface area contributed by atoms with Crippen molar-refractivity contribution in [2.24, 2.45) is 0 Å². The van der Waals surface area contributed by atoms with Crippen LogP contribution in [-0.4, -0.2) is 27.1 Å². The van der Waals surface area contributed by atoms with Crippen LogP contribution in [0.25, 0.3) is 0 Å². The molecule has 4 nitrogen and oxygen atoms in total. The highest BCUT2D eigenvalue weighted by Gasteiger charge is 2.06. The molecule has 0 spiro atoms. The first kappa shape index (κ1) is 18.0. The van der Waals surface area contributed by atoms with Gasteiger partial charge in [0.15, 0.2) is 5.16 Å². The molecule has 0 radical (unpaired) electrons. The van der Waals surface area contributed by atoms with Crippen LogP contribution in [0.2, 0.25) is 0 Å². The van der Waals surface area contributed by atoms with Crippen LogP contribution in [0.5, 0.6) is 5.75 Å². The molecule has 0 amide bonds. The Hall–Kier alpha value is -1.79. The number of rotatable bonds is 9. The van der Waals surface area contributed by atoms with E-state index in [4.69, 9.17) is 4.74 Å². The fraction of sp³-hybridized carbons (Fsp3) is 0.368. The summed E-state index contributed by atoms with van der Waals surface area (Å²) in [5, 5.41) is 11.4. The Labute approximate surface area is 157 Å². The molecule has 6 heteroatoms. The van der Waals surface area contributed by atoms with Crippen molar-refractivity contribution < 1.29 is 4.74 Å². The summed E-state index contributed by atoms with van der Waals surface area (Å²) in [5.74, 6) is 1.96. The Morgan fingerprint density at radius 1 is 1.24 bits per heavy atom. The fourth-order valence-corrected chi connectivity index (χ4v) is 4.01. The van der Waals surface area contributed by atoms with Crippen LogP contribution in [0.1, 0.15) is 22.4 Å². The number of thiophene rings is 1. The highest BCUT2D eigenvalue weighted by molar-refractivity contribution is 7.99. The van der Waals surface area contributed by atoms with Gasteiger partial charge in [-0.3, -0.25) is 0 Å². The zero-order chi connectivity index (χ0) is 17.5. The molecule has 3 aromatic rings. The molecule has 0 N–H and O–H groups in total. The molecule has 0 saturated carbocycles. The van der Waals surface area contributed by atoms with Crippen molar-refractivity contribution in [3.63, 3.8) is 0 Å². The zero-order valence-corrected chi connectivity index (χ0v) is 16.3. The number of aromatic nitrogens is 3. The maximum absolute atomic E-state index is 5.91. The Morgan fingerprint density at radius 2 is 2.16 bits per heavy atom. The fourth-order valence-electron chi connectivity index (χ4n) is 2.46. The summed E-state index contributed by atoms with van der Waals surface area (Å²) in [6, 6.07) is 10.6. The van der Waals surface area contributed by atoms with E-state index < -0.39 is 0 Å². The highest BCUT2D eigenvalue weighted by atomic mass is 32.2. The predicted octanol–water partition coefficient (Wildman–Crippen LogP) is 4.76. The van der Waals surface area contributed by atoms with Gasteiger partial charge in [0.2, 0.25) is 0 Å². The van der Waals surface area contributed by atoms with Crippen LogP contribution < -0.4 is 4.74 Å². The van der Waals surface area contributed by atoms with Crippen molar-refractivity contribution in [1.29, 1.82) is 0 Å². The van der Waals surface area contributed by atoms with E-state index in [0.29, 0.717) is 0 Å². The summed E-state index contributed by atoms with van der Waals surface area (Å²) in [6.45, 7) is 5.82. The Kier molecular flexibility index (Phi) is 6.53. The second-order valence-corrected chi connectivity index (χ2v) is 8.05. The van der Waals surface area contributed by atoms with E-state index in [0.717, 1.165) is 42.7 Å². The summed E-state index contributed by atoms with van der Waals surface area (Å²) >= 11 is 3.54. The molecule has 0 aliphatic rings. The number of hydrogen-bond acceptors (Lipinski definition) is 5. The highest BCUT2D eigenvalue weighted by Crippen LogP contribution is 2.21. The van der Waals surface area contributed by atoms with Crippen LogP contribution >= 0.6 is 23.1 Å². The molecule has 0 saturated heterocycles. The number of thioether (sulfide) groups is 1. The summed E-state index contributed by atoms with van der Waals surface area (Å²) in [4.78, 5) is 1.39. The van der Waals surface area contributed by atoms with Crippen LogP contribution in [-0.2, 0) is 13.0 Å². The van der Waals surface area contributed by atoms with Gasteiger partial charge in [0.05, 0.1) is 6.61 Å². The van der Waals surface area contributed by atoms with E-state index >= 15 is 0 Å². The molecular formula is C19H23N3OS2. The molecule has 2 heterocycles. The van der Waals surface area contributed by atoms with Gasteiger partial charge in [0.1, 0.15) is 12.1 Å². The predicted molar refractivity (Wildman–Crippen MR) is 105 cm³/mol. The quantitative estimate of drug-likeness (QED) is 0.400.